The number of aliphatic hydroxyl groups is 1. The van der Waals surface area contributed by atoms with E-state index in [2.05, 4.69) is 9.88 Å². The second-order valence-corrected chi connectivity index (χ2v) is 6.66. The Morgan fingerprint density at radius 2 is 1.91 bits per heavy atom. The highest BCUT2D eigenvalue weighted by atomic mass is 16.3. The van der Waals surface area contributed by atoms with E-state index in [1.54, 1.807) is 0 Å². The molecular weight excluding hydrogens is 290 g/mol. The number of carbonyl (C=O) groups is 1. The van der Waals surface area contributed by atoms with Crippen LogP contribution in [-0.4, -0.2) is 64.1 Å². The average molecular weight is 313 g/mol. The summed E-state index contributed by atoms with van der Waals surface area (Å²) >= 11 is 0. The van der Waals surface area contributed by atoms with E-state index in [1.807, 2.05) is 35.2 Å². The number of H-pyrrole nitrogens is 1. The minimum atomic E-state index is -0.189. The van der Waals surface area contributed by atoms with Gasteiger partial charge in [0.25, 0.3) is 5.91 Å². The highest BCUT2D eigenvalue weighted by molar-refractivity contribution is 5.98. The van der Waals surface area contributed by atoms with Crippen LogP contribution in [0.15, 0.2) is 30.3 Å². The molecule has 1 amide bonds. The van der Waals surface area contributed by atoms with Crippen molar-refractivity contribution in [3.8, 4) is 0 Å². The highest BCUT2D eigenvalue weighted by Crippen LogP contribution is 2.25. The van der Waals surface area contributed by atoms with Crippen molar-refractivity contribution >= 4 is 16.8 Å². The van der Waals surface area contributed by atoms with E-state index in [1.165, 1.54) is 0 Å². The Balaban J connectivity index is 1.42. The quantitative estimate of drug-likeness (QED) is 0.889. The van der Waals surface area contributed by atoms with Gasteiger partial charge in [-0.05, 0) is 31.4 Å². The van der Waals surface area contributed by atoms with E-state index in [0.717, 1.165) is 56.3 Å². The van der Waals surface area contributed by atoms with E-state index >= 15 is 0 Å². The maximum atomic E-state index is 12.7. The van der Waals surface area contributed by atoms with Crippen molar-refractivity contribution in [3.63, 3.8) is 0 Å². The fourth-order valence-corrected chi connectivity index (χ4v) is 3.96. The van der Waals surface area contributed by atoms with Crippen molar-refractivity contribution in [1.29, 1.82) is 0 Å². The van der Waals surface area contributed by atoms with E-state index in [9.17, 15) is 9.90 Å². The Hall–Kier alpha value is -1.85. The summed E-state index contributed by atoms with van der Waals surface area (Å²) in [6.07, 6.45) is 2.92. The number of para-hydroxylation sites is 1. The first-order valence-corrected chi connectivity index (χ1v) is 8.51. The largest absolute Gasteiger partial charge is 0.391 e. The van der Waals surface area contributed by atoms with Gasteiger partial charge in [0.05, 0.1) is 6.10 Å². The van der Waals surface area contributed by atoms with Crippen LogP contribution in [0.5, 0.6) is 0 Å². The SMILES string of the molecule is O=C(c1cc2ccccc2[nH]1)N1CCN([C@@H]2CCC[C@@H]2O)CC1. The van der Waals surface area contributed by atoms with Gasteiger partial charge in [0.2, 0.25) is 0 Å². The van der Waals surface area contributed by atoms with Crippen molar-refractivity contribution < 1.29 is 9.90 Å². The number of fused-ring (bicyclic) bond motifs is 1. The number of aromatic amines is 1. The molecule has 5 nitrogen and oxygen atoms in total. The second kappa shape index (κ2) is 5.98. The second-order valence-electron chi connectivity index (χ2n) is 6.66. The van der Waals surface area contributed by atoms with E-state index in [4.69, 9.17) is 0 Å². The van der Waals surface area contributed by atoms with E-state index in [-0.39, 0.29) is 12.0 Å². The van der Waals surface area contributed by atoms with E-state index < -0.39 is 0 Å². The Morgan fingerprint density at radius 1 is 1.13 bits per heavy atom. The van der Waals surface area contributed by atoms with Crippen molar-refractivity contribution in [2.75, 3.05) is 26.2 Å². The van der Waals surface area contributed by atoms with Gasteiger partial charge in [-0.3, -0.25) is 9.69 Å². The molecule has 1 aromatic carbocycles. The molecule has 0 spiro atoms. The summed E-state index contributed by atoms with van der Waals surface area (Å²) in [5, 5.41) is 11.1. The lowest BCUT2D eigenvalue weighted by molar-refractivity contribution is 0.0313. The number of benzene rings is 1. The van der Waals surface area contributed by atoms with Crippen molar-refractivity contribution in [2.45, 2.75) is 31.4 Å². The smallest absolute Gasteiger partial charge is 0.270 e. The van der Waals surface area contributed by atoms with E-state index in [0.29, 0.717) is 11.7 Å². The summed E-state index contributed by atoms with van der Waals surface area (Å²) in [6, 6.07) is 10.2. The number of piperazine rings is 1. The van der Waals surface area contributed by atoms with Gasteiger partial charge in [0.1, 0.15) is 5.69 Å². The van der Waals surface area contributed by atoms with Gasteiger partial charge >= 0.3 is 0 Å². The Morgan fingerprint density at radius 3 is 2.61 bits per heavy atom. The fourth-order valence-electron chi connectivity index (χ4n) is 3.96. The standard InChI is InChI=1S/C18H23N3O2/c22-17-7-3-6-16(17)20-8-10-21(11-9-20)18(23)15-12-13-4-1-2-5-14(13)19-15/h1-2,4-5,12,16-17,19,22H,3,6-11H2/t16-,17+/m1/s1. The predicted octanol–water partition coefficient (Wildman–Crippen LogP) is 1.84. The summed E-state index contributed by atoms with van der Waals surface area (Å²) in [5.41, 5.74) is 1.67. The zero-order valence-electron chi connectivity index (χ0n) is 13.2. The van der Waals surface area contributed by atoms with Crippen LogP contribution in [0, 0.1) is 0 Å². The summed E-state index contributed by atoms with van der Waals surface area (Å²) in [4.78, 5) is 20.2. The van der Waals surface area contributed by atoms with Crippen LogP contribution >= 0.6 is 0 Å². The van der Waals surface area contributed by atoms with Gasteiger partial charge < -0.3 is 15.0 Å². The third kappa shape index (κ3) is 2.75. The molecule has 0 unspecified atom stereocenters. The molecule has 1 saturated carbocycles. The Labute approximate surface area is 135 Å². The third-order valence-corrected chi connectivity index (χ3v) is 5.27. The Kier molecular flexibility index (Phi) is 3.83. The number of nitrogens with one attached hydrogen (secondary N) is 1. The molecule has 4 rings (SSSR count). The normalized spacial score (nSPS) is 26.0. The van der Waals surface area contributed by atoms with Crippen molar-refractivity contribution in [2.24, 2.45) is 0 Å². The first-order chi connectivity index (χ1) is 11.2. The molecule has 0 bridgehead atoms. The van der Waals surface area contributed by atoms with Gasteiger partial charge in [-0.2, -0.15) is 0 Å². The van der Waals surface area contributed by atoms with Crippen LogP contribution in [0.25, 0.3) is 10.9 Å². The predicted molar refractivity (Wildman–Crippen MR) is 89.4 cm³/mol. The molecule has 1 aliphatic carbocycles. The third-order valence-electron chi connectivity index (χ3n) is 5.27. The summed E-state index contributed by atoms with van der Waals surface area (Å²) in [5.74, 6) is 0.0767. The monoisotopic (exact) mass is 313 g/mol. The fraction of sp³-hybridized carbons (Fsp3) is 0.500. The first kappa shape index (κ1) is 14.7. The number of hydrogen-bond acceptors (Lipinski definition) is 3. The maximum Gasteiger partial charge on any atom is 0.270 e. The van der Waals surface area contributed by atoms with Gasteiger partial charge in [-0.1, -0.05) is 18.2 Å². The maximum absolute atomic E-state index is 12.7. The topological polar surface area (TPSA) is 59.6 Å². The molecule has 2 aromatic rings. The molecule has 2 N–H and O–H groups in total. The van der Waals surface area contributed by atoms with Crippen LogP contribution in [0.1, 0.15) is 29.8 Å². The lowest BCUT2D eigenvalue weighted by Crippen LogP contribution is -2.53. The number of carbonyl (C=O) groups excluding carboxylic acids is 1. The molecule has 1 aromatic heterocycles. The summed E-state index contributed by atoms with van der Waals surface area (Å²) in [6.45, 7) is 3.18. The Bertz CT molecular complexity index is 670. The molecule has 2 aliphatic rings. The zero-order chi connectivity index (χ0) is 15.8. The van der Waals surface area contributed by atoms with Crippen LogP contribution in [0.4, 0.5) is 0 Å². The molecule has 1 saturated heterocycles. The minimum absolute atomic E-state index is 0.0767. The van der Waals surface area contributed by atoms with Crippen molar-refractivity contribution in [3.05, 3.63) is 36.0 Å². The molecule has 2 heterocycles. The number of aromatic nitrogens is 1. The van der Waals surface area contributed by atoms with Gasteiger partial charge in [0.15, 0.2) is 0 Å². The number of rotatable bonds is 2. The van der Waals surface area contributed by atoms with Crippen molar-refractivity contribution in [1.82, 2.24) is 14.8 Å². The lowest BCUT2D eigenvalue weighted by Gasteiger charge is -2.38. The summed E-state index contributed by atoms with van der Waals surface area (Å²) in [7, 11) is 0. The number of hydrogen-bond donors (Lipinski definition) is 2. The molecule has 2 fully saturated rings. The number of amides is 1. The van der Waals surface area contributed by atoms with Gasteiger partial charge in [0, 0.05) is 43.1 Å². The van der Waals surface area contributed by atoms with Crippen LogP contribution in [-0.2, 0) is 0 Å². The van der Waals surface area contributed by atoms with Gasteiger partial charge in [-0.25, -0.2) is 0 Å². The van der Waals surface area contributed by atoms with Crippen LogP contribution < -0.4 is 0 Å². The average Bonchev–Trinajstić information content (AvgIpc) is 3.20. The van der Waals surface area contributed by atoms with Crippen LogP contribution in [0.3, 0.4) is 0 Å². The first-order valence-electron chi connectivity index (χ1n) is 8.51. The molecule has 2 atom stereocenters. The molecule has 1 aliphatic heterocycles. The minimum Gasteiger partial charge on any atom is -0.391 e. The van der Waals surface area contributed by atoms with Gasteiger partial charge in [-0.15, -0.1) is 0 Å². The molecule has 5 heteroatoms. The molecule has 23 heavy (non-hydrogen) atoms. The molecule has 0 radical (unpaired) electrons. The summed E-state index contributed by atoms with van der Waals surface area (Å²) < 4.78 is 0. The number of nitrogens with zero attached hydrogens (tertiary/aromatic N) is 2. The molecule has 122 valence electrons. The number of aliphatic hydroxyl groups excluding tert-OH is 1. The lowest BCUT2D eigenvalue weighted by atomic mass is 10.1. The molecular formula is C18H23N3O2. The van der Waals surface area contributed by atoms with Crippen LogP contribution in [0.2, 0.25) is 0 Å². The zero-order valence-corrected chi connectivity index (χ0v) is 13.2. The highest BCUT2D eigenvalue weighted by Gasteiger charge is 2.33.